The molecule has 4 rings (SSSR count). The third-order valence-corrected chi connectivity index (χ3v) is 5.55. The first-order valence-corrected chi connectivity index (χ1v) is 9.16. The van der Waals surface area contributed by atoms with E-state index in [-0.39, 0.29) is 22.4 Å². The Bertz CT molecular complexity index is 1050. The lowest BCUT2D eigenvalue weighted by Crippen LogP contribution is -2.36. The molecule has 3 N–H and O–H groups in total. The molecule has 0 bridgehead atoms. The van der Waals surface area contributed by atoms with E-state index in [4.69, 9.17) is 21.1 Å². The Balaban J connectivity index is 2.12. The monoisotopic (exact) mass is 411 g/mol. The second-order valence-electron chi connectivity index (χ2n) is 6.65. The molecule has 1 aliphatic heterocycles. The number of ether oxygens (including phenoxy) is 2. The number of phenolic OH excluding ortho intramolecular Hbond substituents is 2. The molecule has 3 aromatic rings. The lowest BCUT2D eigenvalue weighted by atomic mass is 9.70. The van der Waals surface area contributed by atoms with Gasteiger partial charge in [-0.1, -0.05) is 35.9 Å². The molecule has 1 amide bonds. The molecule has 1 aliphatic rings. The number of anilines is 1. The molecule has 0 aromatic heterocycles. The van der Waals surface area contributed by atoms with Gasteiger partial charge in [-0.2, -0.15) is 0 Å². The smallest absolute Gasteiger partial charge is 0.244 e. The summed E-state index contributed by atoms with van der Waals surface area (Å²) in [6.07, 6.45) is 0. The number of phenols is 2. The van der Waals surface area contributed by atoms with Gasteiger partial charge in [0.1, 0.15) is 27.7 Å². The lowest BCUT2D eigenvalue weighted by molar-refractivity contribution is -0.118. The van der Waals surface area contributed by atoms with Crippen LogP contribution in [0.1, 0.15) is 16.7 Å². The van der Waals surface area contributed by atoms with Crippen LogP contribution in [0.2, 0.25) is 5.02 Å². The van der Waals surface area contributed by atoms with Gasteiger partial charge in [0.05, 0.1) is 19.9 Å². The topological polar surface area (TPSA) is 88.0 Å². The fourth-order valence-corrected chi connectivity index (χ4v) is 4.17. The summed E-state index contributed by atoms with van der Waals surface area (Å²) in [7, 11) is 2.95. The predicted molar refractivity (Wildman–Crippen MR) is 109 cm³/mol. The summed E-state index contributed by atoms with van der Waals surface area (Å²) in [4.78, 5) is 13.5. The maximum absolute atomic E-state index is 13.5. The van der Waals surface area contributed by atoms with Gasteiger partial charge in [-0.3, -0.25) is 4.79 Å². The first-order valence-electron chi connectivity index (χ1n) is 8.79. The van der Waals surface area contributed by atoms with Crippen molar-refractivity contribution in [2.75, 3.05) is 19.5 Å². The minimum atomic E-state index is -1.26. The van der Waals surface area contributed by atoms with Crippen molar-refractivity contribution in [3.8, 4) is 23.0 Å². The number of hydrogen-bond acceptors (Lipinski definition) is 5. The van der Waals surface area contributed by atoms with E-state index in [0.717, 1.165) is 0 Å². The SMILES string of the molecule is COc1cc2c(c(OC)c1Cl)NC(=O)C2(c1ccc(O)cc1)c1ccc(O)cc1. The quantitative estimate of drug-likeness (QED) is 0.602. The van der Waals surface area contributed by atoms with Gasteiger partial charge < -0.3 is 25.0 Å². The van der Waals surface area contributed by atoms with E-state index in [9.17, 15) is 15.0 Å². The molecule has 148 valence electrons. The van der Waals surface area contributed by atoms with E-state index >= 15 is 0 Å². The zero-order chi connectivity index (χ0) is 20.8. The molecule has 0 fully saturated rings. The lowest BCUT2D eigenvalue weighted by Gasteiger charge is -2.29. The Labute approximate surface area is 172 Å². The highest BCUT2D eigenvalue weighted by Gasteiger charge is 2.51. The number of rotatable bonds is 4. The Morgan fingerprint density at radius 3 is 1.86 bits per heavy atom. The molecule has 3 aromatic carbocycles. The number of benzene rings is 3. The van der Waals surface area contributed by atoms with Crippen molar-refractivity contribution in [3.05, 3.63) is 76.3 Å². The van der Waals surface area contributed by atoms with Crippen LogP contribution >= 0.6 is 11.6 Å². The van der Waals surface area contributed by atoms with Crippen LogP contribution in [0.4, 0.5) is 5.69 Å². The van der Waals surface area contributed by atoms with Crippen LogP contribution in [0.15, 0.2) is 54.6 Å². The molecule has 0 saturated carbocycles. The number of methoxy groups -OCH3 is 2. The van der Waals surface area contributed by atoms with Crippen molar-refractivity contribution >= 4 is 23.2 Å². The second kappa shape index (κ2) is 6.90. The van der Waals surface area contributed by atoms with E-state index < -0.39 is 5.41 Å². The highest BCUT2D eigenvalue weighted by molar-refractivity contribution is 6.34. The normalized spacial score (nSPS) is 14.2. The van der Waals surface area contributed by atoms with Crippen LogP contribution in [-0.4, -0.2) is 30.3 Å². The number of halogens is 1. The van der Waals surface area contributed by atoms with Crippen LogP contribution in [0.3, 0.4) is 0 Å². The summed E-state index contributed by atoms with van der Waals surface area (Å²) in [6.45, 7) is 0. The van der Waals surface area contributed by atoms with Gasteiger partial charge in [-0.15, -0.1) is 0 Å². The Hall–Kier alpha value is -3.38. The second-order valence-corrected chi connectivity index (χ2v) is 7.02. The summed E-state index contributed by atoms with van der Waals surface area (Å²) < 4.78 is 10.9. The van der Waals surface area contributed by atoms with Crippen LogP contribution in [0.25, 0.3) is 0 Å². The van der Waals surface area contributed by atoms with Crippen molar-refractivity contribution in [1.82, 2.24) is 0 Å². The van der Waals surface area contributed by atoms with Gasteiger partial charge >= 0.3 is 0 Å². The molecule has 0 atom stereocenters. The molecule has 6 nitrogen and oxygen atoms in total. The van der Waals surface area contributed by atoms with Crippen molar-refractivity contribution < 1.29 is 24.5 Å². The molecular formula is C22H18ClNO5. The van der Waals surface area contributed by atoms with Gasteiger partial charge in [0.2, 0.25) is 5.91 Å². The van der Waals surface area contributed by atoms with Crippen LogP contribution in [-0.2, 0) is 10.2 Å². The molecule has 0 spiro atoms. The first-order chi connectivity index (χ1) is 13.9. The first kappa shape index (κ1) is 19.0. The predicted octanol–water partition coefficient (Wildman–Crippen LogP) is 4.05. The van der Waals surface area contributed by atoms with Crippen molar-refractivity contribution in [2.24, 2.45) is 0 Å². The zero-order valence-electron chi connectivity index (χ0n) is 15.7. The molecule has 0 unspecified atom stereocenters. The maximum atomic E-state index is 13.5. The third kappa shape index (κ3) is 2.68. The Morgan fingerprint density at radius 2 is 1.41 bits per heavy atom. The van der Waals surface area contributed by atoms with E-state index in [1.165, 1.54) is 38.5 Å². The Kier molecular flexibility index (Phi) is 4.51. The fraction of sp³-hybridized carbons (Fsp3) is 0.136. The van der Waals surface area contributed by atoms with Crippen molar-refractivity contribution in [1.29, 1.82) is 0 Å². The maximum Gasteiger partial charge on any atom is 0.244 e. The standard InChI is InChI=1S/C22H18ClNO5/c1-28-17-11-16-19(20(29-2)18(17)23)24-21(27)22(16,12-3-7-14(25)8-4-12)13-5-9-15(26)10-6-13/h3-11,25-26H,1-2H3,(H,24,27). The fourth-order valence-electron chi connectivity index (χ4n) is 3.86. The van der Waals surface area contributed by atoms with Crippen molar-refractivity contribution in [3.63, 3.8) is 0 Å². The average Bonchev–Trinajstić information content (AvgIpc) is 3.01. The van der Waals surface area contributed by atoms with Crippen molar-refractivity contribution in [2.45, 2.75) is 5.41 Å². The number of aromatic hydroxyl groups is 2. The van der Waals surface area contributed by atoms with Crippen LogP contribution < -0.4 is 14.8 Å². The van der Waals surface area contributed by atoms with E-state index in [1.807, 2.05) is 0 Å². The highest BCUT2D eigenvalue weighted by atomic mass is 35.5. The molecule has 29 heavy (non-hydrogen) atoms. The summed E-state index contributed by atoms with van der Waals surface area (Å²) in [5.74, 6) is 0.514. The highest BCUT2D eigenvalue weighted by Crippen LogP contribution is 2.55. The van der Waals surface area contributed by atoms with Gasteiger partial charge in [-0.25, -0.2) is 0 Å². The number of carbonyl (C=O) groups is 1. The molecule has 0 saturated heterocycles. The number of nitrogens with one attached hydrogen (secondary N) is 1. The van der Waals surface area contributed by atoms with Gasteiger partial charge in [-0.05, 0) is 41.5 Å². The average molecular weight is 412 g/mol. The summed E-state index contributed by atoms with van der Waals surface area (Å²) in [5, 5.41) is 22.7. The number of hydrogen-bond donors (Lipinski definition) is 3. The van der Waals surface area contributed by atoms with Gasteiger partial charge in [0, 0.05) is 5.56 Å². The van der Waals surface area contributed by atoms with Crippen LogP contribution in [0, 0.1) is 0 Å². The summed E-state index contributed by atoms with van der Waals surface area (Å²) >= 11 is 6.40. The van der Waals surface area contributed by atoms with E-state index in [0.29, 0.717) is 33.9 Å². The summed E-state index contributed by atoms with van der Waals surface area (Å²) in [6, 6.07) is 14.5. The molecule has 7 heteroatoms. The van der Waals surface area contributed by atoms with Crippen LogP contribution in [0.5, 0.6) is 23.0 Å². The number of carbonyl (C=O) groups excluding carboxylic acids is 1. The minimum absolute atomic E-state index is 0.0829. The molecule has 0 radical (unpaired) electrons. The van der Waals surface area contributed by atoms with E-state index in [2.05, 4.69) is 5.32 Å². The molecule has 1 heterocycles. The van der Waals surface area contributed by atoms with Gasteiger partial charge in [0.25, 0.3) is 0 Å². The Morgan fingerprint density at radius 1 is 0.897 bits per heavy atom. The van der Waals surface area contributed by atoms with Gasteiger partial charge in [0.15, 0.2) is 5.75 Å². The molecular weight excluding hydrogens is 394 g/mol. The number of fused-ring (bicyclic) bond motifs is 1. The third-order valence-electron chi connectivity index (χ3n) is 5.20. The molecule has 0 aliphatic carbocycles. The van der Waals surface area contributed by atoms with E-state index in [1.54, 1.807) is 30.3 Å². The largest absolute Gasteiger partial charge is 0.508 e. The number of amides is 1. The minimum Gasteiger partial charge on any atom is -0.508 e. The zero-order valence-corrected chi connectivity index (χ0v) is 16.4. The summed E-state index contributed by atoms with van der Waals surface area (Å²) in [5.41, 5.74) is 1.04.